The van der Waals surface area contributed by atoms with Crippen LogP contribution < -0.4 is 5.32 Å². The Bertz CT molecular complexity index is 272. The van der Waals surface area contributed by atoms with Crippen LogP contribution in [0.4, 0.5) is 0 Å². The Balaban J connectivity index is 4.10. The van der Waals surface area contributed by atoms with Crippen molar-refractivity contribution in [3.05, 3.63) is 36.0 Å². The Hall–Kier alpha value is -0.820. The molecule has 1 atom stereocenters. The van der Waals surface area contributed by atoms with Crippen molar-refractivity contribution in [1.82, 2.24) is 5.32 Å². The SMILES string of the molecule is C=C(/C=C\C=C(C)C)C(C)CNC(C)(C)C. The van der Waals surface area contributed by atoms with Crippen LogP contribution in [0.25, 0.3) is 0 Å². The van der Waals surface area contributed by atoms with Gasteiger partial charge in [-0.2, -0.15) is 0 Å². The minimum atomic E-state index is 0.179. The van der Waals surface area contributed by atoms with E-state index in [1.54, 1.807) is 0 Å². The third-order valence-electron chi connectivity index (χ3n) is 2.31. The lowest BCUT2D eigenvalue weighted by molar-refractivity contribution is 0.402. The van der Waals surface area contributed by atoms with E-state index >= 15 is 0 Å². The summed E-state index contributed by atoms with van der Waals surface area (Å²) < 4.78 is 0. The molecule has 0 saturated heterocycles. The lowest BCUT2D eigenvalue weighted by Crippen LogP contribution is -2.38. The third-order valence-corrected chi connectivity index (χ3v) is 2.31. The molecule has 0 fully saturated rings. The summed E-state index contributed by atoms with van der Waals surface area (Å²) >= 11 is 0. The summed E-state index contributed by atoms with van der Waals surface area (Å²) in [6, 6.07) is 0. The Morgan fingerprint density at radius 1 is 1.31 bits per heavy atom. The zero-order valence-corrected chi connectivity index (χ0v) is 11.7. The summed E-state index contributed by atoms with van der Waals surface area (Å²) in [6.07, 6.45) is 6.28. The lowest BCUT2D eigenvalue weighted by atomic mass is 10.00. The molecule has 0 aliphatic carbocycles. The predicted molar refractivity (Wildman–Crippen MR) is 74.6 cm³/mol. The van der Waals surface area contributed by atoms with Crippen molar-refractivity contribution >= 4 is 0 Å². The summed E-state index contributed by atoms with van der Waals surface area (Å²) in [5.74, 6) is 0.473. The number of hydrogen-bond donors (Lipinski definition) is 1. The van der Waals surface area contributed by atoms with E-state index in [0.29, 0.717) is 5.92 Å². The van der Waals surface area contributed by atoms with Gasteiger partial charge in [-0.05, 0) is 40.5 Å². The van der Waals surface area contributed by atoms with E-state index in [2.05, 4.69) is 71.7 Å². The molecule has 1 N–H and O–H groups in total. The zero-order chi connectivity index (χ0) is 12.8. The molecular formula is C15H27N. The van der Waals surface area contributed by atoms with Gasteiger partial charge in [0, 0.05) is 12.1 Å². The predicted octanol–water partition coefficient (Wildman–Crippen LogP) is 4.09. The van der Waals surface area contributed by atoms with Gasteiger partial charge in [-0.3, -0.25) is 0 Å². The van der Waals surface area contributed by atoms with Gasteiger partial charge in [-0.15, -0.1) is 0 Å². The molecule has 0 aromatic heterocycles. The molecule has 0 saturated carbocycles. The largest absolute Gasteiger partial charge is 0.311 e. The zero-order valence-electron chi connectivity index (χ0n) is 11.7. The van der Waals surface area contributed by atoms with Crippen molar-refractivity contribution in [2.45, 2.75) is 47.1 Å². The standard InChI is InChI=1S/C15H27N/c1-12(2)9-8-10-13(3)14(4)11-16-15(5,6)7/h8-10,14,16H,3,11H2,1-2,4-7H3/b10-8-. The topological polar surface area (TPSA) is 12.0 Å². The maximum Gasteiger partial charge on any atom is 0.00967 e. The van der Waals surface area contributed by atoms with Gasteiger partial charge in [0.25, 0.3) is 0 Å². The van der Waals surface area contributed by atoms with Gasteiger partial charge in [0.15, 0.2) is 0 Å². The highest BCUT2D eigenvalue weighted by Crippen LogP contribution is 2.10. The van der Waals surface area contributed by atoms with Gasteiger partial charge in [0.05, 0.1) is 0 Å². The fraction of sp³-hybridized carbons (Fsp3) is 0.600. The third kappa shape index (κ3) is 8.49. The Morgan fingerprint density at radius 3 is 2.31 bits per heavy atom. The highest BCUT2D eigenvalue weighted by Gasteiger charge is 2.11. The second-order valence-corrected chi connectivity index (χ2v) is 5.71. The number of allylic oxidation sites excluding steroid dienone is 4. The number of nitrogens with one attached hydrogen (secondary N) is 1. The van der Waals surface area contributed by atoms with Gasteiger partial charge < -0.3 is 5.32 Å². The molecule has 0 rings (SSSR count). The first kappa shape index (κ1) is 15.2. The van der Waals surface area contributed by atoms with Crippen molar-refractivity contribution in [3.63, 3.8) is 0 Å². The monoisotopic (exact) mass is 221 g/mol. The minimum Gasteiger partial charge on any atom is -0.311 e. The fourth-order valence-corrected chi connectivity index (χ4v) is 1.12. The van der Waals surface area contributed by atoms with Gasteiger partial charge in [0.1, 0.15) is 0 Å². The Labute approximate surface area is 101 Å². The van der Waals surface area contributed by atoms with Gasteiger partial charge in [0.2, 0.25) is 0 Å². The molecule has 92 valence electrons. The lowest BCUT2D eigenvalue weighted by Gasteiger charge is -2.23. The molecule has 1 heteroatoms. The van der Waals surface area contributed by atoms with Crippen LogP contribution in [-0.2, 0) is 0 Å². The van der Waals surface area contributed by atoms with E-state index in [4.69, 9.17) is 0 Å². The second kappa shape index (κ2) is 6.70. The highest BCUT2D eigenvalue weighted by molar-refractivity contribution is 5.22. The first-order chi connectivity index (χ1) is 7.22. The van der Waals surface area contributed by atoms with Crippen LogP contribution in [0.2, 0.25) is 0 Å². The van der Waals surface area contributed by atoms with Gasteiger partial charge in [-0.1, -0.05) is 42.9 Å². The Kier molecular flexibility index (Phi) is 6.35. The summed E-state index contributed by atoms with van der Waals surface area (Å²) in [5.41, 5.74) is 2.66. The van der Waals surface area contributed by atoms with Crippen LogP contribution in [0.3, 0.4) is 0 Å². The van der Waals surface area contributed by atoms with Crippen LogP contribution in [0.1, 0.15) is 41.5 Å². The van der Waals surface area contributed by atoms with Crippen molar-refractivity contribution in [2.75, 3.05) is 6.54 Å². The van der Waals surface area contributed by atoms with Crippen molar-refractivity contribution in [2.24, 2.45) is 5.92 Å². The van der Waals surface area contributed by atoms with E-state index in [9.17, 15) is 0 Å². The maximum absolute atomic E-state index is 4.10. The first-order valence-corrected chi connectivity index (χ1v) is 5.98. The fourth-order valence-electron chi connectivity index (χ4n) is 1.12. The van der Waals surface area contributed by atoms with Gasteiger partial charge >= 0.3 is 0 Å². The molecule has 0 heterocycles. The first-order valence-electron chi connectivity index (χ1n) is 5.98. The van der Waals surface area contributed by atoms with Crippen molar-refractivity contribution < 1.29 is 0 Å². The molecule has 1 nitrogen and oxygen atoms in total. The summed E-state index contributed by atoms with van der Waals surface area (Å²) in [6.45, 7) is 18.0. The molecule has 0 amide bonds. The second-order valence-electron chi connectivity index (χ2n) is 5.71. The summed E-state index contributed by atoms with van der Waals surface area (Å²) in [5, 5.41) is 3.49. The van der Waals surface area contributed by atoms with Crippen molar-refractivity contribution in [3.8, 4) is 0 Å². The van der Waals surface area contributed by atoms with Crippen molar-refractivity contribution in [1.29, 1.82) is 0 Å². The molecule has 0 aromatic carbocycles. The molecule has 16 heavy (non-hydrogen) atoms. The van der Waals surface area contributed by atoms with Gasteiger partial charge in [-0.25, -0.2) is 0 Å². The van der Waals surface area contributed by atoms with Crippen LogP contribution in [0.15, 0.2) is 36.0 Å². The molecule has 0 spiro atoms. The van der Waals surface area contributed by atoms with Crippen LogP contribution in [-0.4, -0.2) is 12.1 Å². The van der Waals surface area contributed by atoms with Crippen LogP contribution in [0, 0.1) is 5.92 Å². The van der Waals surface area contributed by atoms with Crippen LogP contribution >= 0.6 is 0 Å². The number of rotatable bonds is 5. The molecule has 1 unspecified atom stereocenters. The number of hydrogen-bond acceptors (Lipinski definition) is 1. The summed E-state index contributed by atoms with van der Waals surface area (Å²) in [7, 11) is 0. The summed E-state index contributed by atoms with van der Waals surface area (Å²) in [4.78, 5) is 0. The van der Waals surface area contributed by atoms with E-state index < -0.39 is 0 Å². The molecular weight excluding hydrogens is 194 g/mol. The quantitative estimate of drug-likeness (QED) is 0.690. The molecule has 0 aliphatic rings. The highest BCUT2D eigenvalue weighted by atomic mass is 14.9. The average Bonchev–Trinajstić information content (AvgIpc) is 2.12. The molecule has 0 radical (unpaired) electrons. The van der Waals surface area contributed by atoms with E-state index in [0.717, 1.165) is 6.54 Å². The smallest absolute Gasteiger partial charge is 0.00967 e. The molecule has 0 aliphatic heterocycles. The van der Waals surface area contributed by atoms with E-state index in [1.807, 2.05) is 0 Å². The molecule has 0 aromatic rings. The normalized spacial score (nSPS) is 13.9. The molecule has 0 bridgehead atoms. The average molecular weight is 221 g/mol. The minimum absolute atomic E-state index is 0.179. The van der Waals surface area contributed by atoms with Crippen LogP contribution in [0.5, 0.6) is 0 Å². The van der Waals surface area contributed by atoms with E-state index in [1.165, 1.54) is 11.1 Å². The Morgan fingerprint density at radius 2 is 1.88 bits per heavy atom. The maximum atomic E-state index is 4.10. The van der Waals surface area contributed by atoms with E-state index in [-0.39, 0.29) is 5.54 Å².